The number of benzene rings is 1. The zero-order valence-corrected chi connectivity index (χ0v) is 13.4. The van der Waals surface area contributed by atoms with E-state index in [4.69, 9.17) is 0 Å². The molecule has 0 amide bonds. The molecule has 0 aliphatic carbocycles. The summed E-state index contributed by atoms with van der Waals surface area (Å²) in [6, 6.07) is 8.45. The molecule has 110 valence electrons. The molecule has 1 nitrogen and oxygen atoms in total. The molecule has 0 atom stereocenters. The highest BCUT2D eigenvalue weighted by Gasteiger charge is 1.86. The fourth-order valence-corrected chi connectivity index (χ4v) is 0.889. The summed E-state index contributed by atoms with van der Waals surface area (Å²) in [6.07, 6.45) is 5.93. The van der Waals surface area contributed by atoms with Crippen LogP contribution in [0.2, 0.25) is 0 Å². The summed E-state index contributed by atoms with van der Waals surface area (Å²) in [7, 11) is 0. The highest BCUT2D eigenvalue weighted by atomic mass is 16.1. The van der Waals surface area contributed by atoms with Gasteiger partial charge in [-0.2, -0.15) is 0 Å². The molecule has 0 heterocycles. The van der Waals surface area contributed by atoms with Gasteiger partial charge in [0.1, 0.15) is 0 Å². The van der Waals surface area contributed by atoms with Gasteiger partial charge in [-0.25, -0.2) is 0 Å². The summed E-state index contributed by atoms with van der Waals surface area (Å²) < 4.78 is 0. The first-order valence-corrected chi connectivity index (χ1v) is 6.91. The SMILES string of the molecule is C=C(C)C(C)=O.C=CCC.C=Cc1ccc(CC)cc1. The third kappa shape index (κ3) is 12.6. The Morgan fingerprint density at radius 3 is 1.70 bits per heavy atom. The van der Waals surface area contributed by atoms with Crippen molar-refractivity contribution in [3.05, 3.63) is 66.8 Å². The molecule has 0 unspecified atom stereocenters. The van der Waals surface area contributed by atoms with Gasteiger partial charge in [0.2, 0.25) is 0 Å². The van der Waals surface area contributed by atoms with E-state index in [1.807, 2.05) is 12.2 Å². The predicted molar refractivity (Wildman–Crippen MR) is 91.9 cm³/mol. The lowest BCUT2D eigenvalue weighted by Gasteiger charge is -1.95. The van der Waals surface area contributed by atoms with Crippen molar-refractivity contribution in [1.82, 2.24) is 0 Å². The number of allylic oxidation sites excluding steroid dienone is 2. The van der Waals surface area contributed by atoms with E-state index in [2.05, 4.69) is 57.8 Å². The van der Waals surface area contributed by atoms with Crippen molar-refractivity contribution in [3.8, 4) is 0 Å². The number of aryl methyl sites for hydroxylation is 1. The summed E-state index contributed by atoms with van der Waals surface area (Å²) in [6.45, 7) is 18.0. The Kier molecular flexibility index (Phi) is 13.8. The first kappa shape index (κ1) is 20.4. The second-order valence-corrected chi connectivity index (χ2v) is 4.33. The lowest BCUT2D eigenvalue weighted by molar-refractivity contribution is -0.113. The summed E-state index contributed by atoms with van der Waals surface area (Å²) in [4.78, 5) is 10.0. The molecule has 0 fully saturated rings. The van der Waals surface area contributed by atoms with Gasteiger partial charge in [0.05, 0.1) is 0 Å². The minimum Gasteiger partial charge on any atom is -0.295 e. The maximum atomic E-state index is 10.0. The van der Waals surface area contributed by atoms with Gasteiger partial charge in [-0.3, -0.25) is 4.79 Å². The molecule has 1 aromatic rings. The molecule has 0 spiro atoms. The topological polar surface area (TPSA) is 17.1 Å². The zero-order chi connectivity index (χ0) is 16.0. The second-order valence-electron chi connectivity index (χ2n) is 4.33. The normalized spacial score (nSPS) is 8.20. The van der Waals surface area contributed by atoms with Gasteiger partial charge in [0.25, 0.3) is 0 Å². The number of hydrogen-bond donors (Lipinski definition) is 0. The van der Waals surface area contributed by atoms with E-state index in [-0.39, 0.29) is 5.78 Å². The summed E-state index contributed by atoms with van der Waals surface area (Å²) in [5.41, 5.74) is 3.19. The Morgan fingerprint density at radius 2 is 1.50 bits per heavy atom. The highest BCUT2D eigenvalue weighted by molar-refractivity contribution is 5.91. The molecule has 0 aromatic heterocycles. The van der Waals surface area contributed by atoms with Crippen LogP contribution in [0.3, 0.4) is 0 Å². The van der Waals surface area contributed by atoms with E-state index >= 15 is 0 Å². The van der Waals surface area contributed by atoms with Gasteiger partial charge in [-0.15, -0.1) is 6.58 Å². The van der Waals surface area contributed by atoms with Crippen LogP contribution >= 0.6 is 0 Å². The molecule has 0 aliphatic heterocycles. The van der Waals surface area contributed by atoms with E-state index in [1.54, 1.807) is 6.92 Å². The molecule has 0 saturated heterocycles. The summed E-state index contributed by atoms with van der Waals surface area (Å²) in [5.74, 6) is 0.0648. The molecule has 0 bridgehead atoms. The summed E-state index contributed by atoms with van der Waals surface area (Å²) >= 11 is 0. The van der Waals surface area contributed by atoms with Crippen molar-refractivity contribution in [1.29, 1.82) is 0 Å². The zero-order valence-electron chi connectivity index (χ0n) is 13.4. The van der Waals surface area contributed by atoms with Crippen molar-refractivity contribution in [3.63, 3.8) is 0 Å². The second kappa shape index (κ2) is 13.5. The Morgan fingerprint density at radius 1 is 1.10 bits per heavy atom. The fraction of sp³-hybridized carbons (Fsp3) is 0.316. The highest BCUT2D eigenvalue weighted by Crippen LogP contribution is 2.05. The van der Waals surface area contributed by atoms with Crippen molar-refractivity contribution in [2.75, 3.05) is 0 Å². The van der Waals surface area contributed by atoms with Crippen LogP contribution < -0.4 is 0 Å². The third-order valence-electron chi connectivity index (χ3n) is 2.51. The quantitative estimate of drug-likeness (QED) is 0.513. The molecular formula is C19H28O. The molecule has 20 heavy (non-hydrogen) atoms. The van der Waals surface area contributed by atoms with E-state index in [0.717, 1.165) is 12.8 Å². The number of ketones is 1. The monoisotopic (exact) mass is 272 g/mol. The average molecular weight is 272 g/mol. The van der Waals surface area contributed by atoms with Crippen LogP contribution in [0.1, 0.15) is 45.2 Å². The van der Waals surface area contributed by atoms with Gasteiger partial charge in [0, 0.05) is 0 Å². The number of carbonyl (C=O) groups is 1. The largest absolute Gasteiger partial charge is 0.295 e. The molecule has 0 N–H and O–H groups in total. The first-order chi connectivity index (χ1) is 9.42. The Labute approximate surface area is 124 Å². The lowest BCUT2D eigenvalue weighted by Crippen LogP contribution is -1.86. The summed E-state index contributed by atoms with van der Waals surface area (Å²) in [5, 5.41) is 0. The molecule has 0 radical (unpaired) electrons. The molecule has 0 saturated carbocycles. The van der Waals surface area contributed by atoms with E-state index in [1.165, 1.54) is 18.1 Å². The van der Waals surface area contributed by atoms with Gasteiger partial charge in [0.15, 0.2) is 5.78 Å². The smallest absolute Gasteiger partial charge is 0.154 e. The van der Waals surface area contributed by atoms with E-state index < -0.39 is 0 Å². The number of rotatable bonds is 4. The molecule has 1 heteroatoms. The number of carbonyl (C=O) groups excluding carboxylic acids is 1. The van der Waals surface area contributed by atoms with Gasteiger partial charge >= 0.3 is 0 Å². The number of hydrogen-bond acceptors (Lipinski definition) is 1. The van der Waals surface area contributed by atoms with Gasteiger partial charge < -0.3 is 0 Å². The van der Waals surface area contributed by atoms with Crippen LogP contribution in [-0.2, 0) is 11.2 Å². The van der Waals surface area contributed by atoms with Crippen molar-refractivity contribution in [2.45, 2.75) is 40.5 Å². The third-order valence-corrected chi connectivity index (χ3v) is 2.51. The number of Topliss-reactive ketones (excluding diaryl/α,β-unsaturated/α-hetero) is 1. The standard InChI is InChI=1S/C10H12.C5H8O.C4H8/c1-3-9-5-7-10(4-2)8-6-9;1-4(2)5(3)6;1-3-4-2/h3,5-8H,1,4H2,2H3;1H2,2-3H3;3H,1,4H2,2H3. The van der Waals surface area contributed by atoms with Crippen molar-refractivity contribution >= 4 is 11.9 Å². The minimum atomic E-state index is 0.0648. The van der Waals surface area contributed by atoms with Crippen LogP contribution in [-0.4, -0.2) is 5.78 Å². The lowest BCUT2D eigenvalue weighted by atomic mass is 10.1. The van der Waals surface area contributed by atoms with E-state index in [0.29, 0.717) is 5.57 Å². The minimum absolute atomic E-state index is 0.0648. The molecule has 1 rings (SSSR count). The average Bonchev–Trinajstić information content (AvgIpc) is 2.48. The Balaban J connectivity index is 0. The maximum Gasteiger partial charge on any atom is 0.154 e. The van der Waals surface area contributed by atoms with Gasteiger partial charge in [-0.05, 0) is 43.4 Å². The van der Waals surface area contributed by atoms with E-state index in [9.17, 15) is 4.79 Å². The van der Waals surface area contributed by atoms with Crippen molar-refractivity contribution in [2.24, 2.45) is 0 Å². The Bertz CT molecular complexity index is 398. The van der Waals surface area contributed by atoms with Crippen LogP contribution in [0.5, 0.6) is 0 Å². The first-order valence-electron chi connectivity index (χ1n) is 6.91. The molecular weight excluding hydrogens is 244 g/mol. The van der Waals surface area contributed by atoms with Crippen LogP contribution in [0, 0.1) is 0 Å². The van der Waals surface area contributed by atoms with Crippen LogP contribution in [0.15, 0.2) is 55.7 Å². The van der Waals surface area contributed by atoms with Crippen molar-refractivity contribution < 1.29 is 4.79 Å². The Hall–Kier alpha value is -1.89. The van der Waals surface area contributed by atoms with Crippen LogP contribution in [0.25, 0.3) is 6.08 Å². The molecule has 0 aliphatic rings. The fourth-order valence-electron chi connectivity index (χ4n) is 0.889. The molecule has 1 aromatic carbocycles. The van der Waals surface area contributed by atoms with Gasteiger partial charge in [-0.1, -0.05) is 63.4 Å². The van der Waals surface area contributed by atoms with Crippen LogP contribution in [0.4, 0.5) is 0 Å². The maximum absolute atomic E-state index is 10.0. The predicted octanol–water partition coefficient (Wildman–Crippen LogP) is 5.63.